The molecule has 0 aliphatic rings. The molecule has 0 atom stereocenters. The van der Waals surface area contributed by atoms with Crippen molar-refractivity contribution in [1.29, 1.82) is 0 Å². The van der Waals surface area contributed by atoms with Crippen molar-refractivity contribution in [2.45, 2.75) is 52.7 Å². The largest absolute Gasteiger partial charge is 0.443 e. The normalized spacial score (nSPS) is 11.5. The van der Waals surface area contributed by atoms with Crippen LogP contribution in [-0.4, -0.2) is 32.2 Å². The van der Waals surface area contributed by atoms with Crippen LogP contribution in [0.4, 0.5) is 20.7 Å². The summed E-state index contributed by atoms with van der Waals surface area (Å²) < 4.78 is 20.4. The first-order chi connectivity index (χ1) is 15.5. The maximum absolute atomic E-state index is 13.2. The second kappa shape index (κ2) is 9.40. The monoisotopic (exact) mass is 453 g/mol. The number of amides is 2. The molecule has 0 bridgehead atoms. The number of ether oxygens (including phenoxy) is 1. The number of carbonyl (C=O) groups is 2. The zero-order chi connectivity index (χ0) is 24.3. The van der Waals surface area contributed by atoms with E-state index in [9.17, 15) is 14.0 Å². The van der Waals surface area contributed by atoms with E-state index in [0.29, 0.717) is 22.7 Å². The van der Waals surface area contributed by atoms with Crippen LogP contribution in [0.5, 0.6) is 0 Å². The molecular formula is C24H28FN5O3. The van der Waals surface area contributed by atoms with Crippen LogP contribution < -0.4 is 10.2 Å². The van der Waals surface area contributed by atoms with Crippen LogP contribution in [0.2, 0.25) is 0 Å². The highest BCUT2D eigenvalue weighted by Crippen LogP contribution is 2.26. The molecule has 0 unspecified atom stereocenters. The van der Waals surface area contributed by atoms with Gasteiger partial charge in [0, 0.05) is 17.4 Å². The van der Waals surface area contributed by atoms with Crippen molar-refractivity contribution in [3.8, 4) is 0 Å². The molecule has 2 aromatic heterocycles. The Labute approximate surface area is 192 Å². The minimum atomic E-state index is -1.09. The Hall–Kier alpha value is -3.75. The lowest BCUT2D eigenvalue weighted by molar-refractivity contribution is -0.114. The molecule has 3 aromatic rings. The number of benzene rings is 1. The Kier molecular flexibility index (Phi) is 6.81. The summed E-state index contributed by atoms with van der Waals surface area (Å²) in [6.45, 7) is 12.6. The molecule has 0 aliphatic heterocycles. The minimum Gasteiger partial charge on any atom is -0.443 e. The number of hydrogen-bond acceptors (Lipinski definition) is 5. The number of rotatable bonds is 6. The summed E-state index contributed by atoms with van der Waals surface area (Å²) in [7, 11) is 0. The van der Waals surface area contributed by atoms with Crippen molar-refractivity contribution in [3.63, 3.8) is 0 Å². The van der Waals surface area contributed by atoms with Crippen LogP contribution in [0, 0.1) is 0 Å². The smallest absolute Gasteiger partial charge is 0.416 e. The van der Waals surface area contributed by atoms with E-state index in [2.05, 4.69) is 22.0 Å². The van der Waals surface area contributed by atoms with Gasteiger partial charge in [-0.1, -0.05) is 32.6 Å². The highest BCUT2D eigenvalue weighted by atomic mass is 19.1. The topological polar surface area (TPSA) is 88.8 Å². The molecule has 0 fully saturated rings. The fraction of sp³-hybridized carbons (Fsp3) is 0.333. The first kappa shape index (κ1) is 23.9. The Morgan fingerprint density at radius 1 is 1.27 bits per heavy atom. The number of aromatic nitrogens is 3. The number of nitrogens with one attached hydrogen (secondary N) is 1. The summed E-state index contributed by atoms with van der Waals surface area (Å²) in [5.41, 5.74) is 1.95. The van der Waals surface area contributed by atoms with Crippen molar-refractivity contribution in [3.05, 3.63) is 66.3 Å². The average molecular weight is 454 g/mol. The van der Waals surface area contributed by atoms with Gasteiger partial charge in [0.25, 0.3) is 5.91 Å². The van der Waals surface area contributed by atoms with Crippen molar-refractivity contribution in [1.82, 2.24) is 14.6 Å². The Morgan fingerprint density at radius 2 is 2.00 bits per heavy atom. The van der Waals surface area contributed by atoms with Gasteiger partial charge in [-0.15, -0.1) is 0 Å². The zero-order valence-corrected chi connectivity index (χ0v) is 19.4. The Bertz CT molecular complexity index is 1200. The fourth-order valence-electron chi connectivity index (χ4n) is 3.19. The third-order valence-electron chi connectivity index (χ3n) is 4.69. The third-order valence-corrected chi connectivity index (χ3v) is 4.69. The minimum absolute atomic E-state index is 0.116. The second-order valence-corrected chi connectivity index (χ2v) is 8.92. The van der Waals surface area contributed by atoms with Gasteiger partial charge in [0.15, 0.2) is 11.5 Å². The predicted molar refractivity (Wildman–Crippen MR) is 125 cm³/mol. The molecule has 1 N–H and O–H groups in total. The summed E-state index contributed by atoms with van der Waals surface area (Å²) in [6, 6.07) is 8.45. The van der Waals surface area contributed by atoms with Crippen LogP contribution in [0.15, 0.2) is 55.1 Å². The van der Waals surface area contributed by atoms with Crippen molar-refractivity contribution < 1.29 is 18.7 Å². The molecule has 0 saturated carbocycles. The van der Waals surface area contributed by atoms with Gasteiger partial charge < -0.3 is 10.1 Å². The molecule has 0 saturated heterocycles. The van der Waals surface area contributed by atoms with Crippen LogP contribution in [-0.2, 0) is 16.1 Å². The molecule has 8 nitrogen and oxygen atoms in total. The van der Waals surface area contributed by atoms with Gasteiger partial charge in [-0.25, -0.2) is 14.2 Å². The van der Waals surface area contributed by atoms with Gasteiger partial charge in [-0.05, 0) is 50.5 Å². The molecule has 0 radical (unpaired) electrons. The van der Waals surface area contributed by atoms with Crippen molar-refractivity contribution >= 4 is 29.2 Å². The van der Waals surface area contributed by atoms with Gasteiger partial charge >= 0.3 is 6.09 Å². The van der Waals surface area contributed by atoms with Gasteiger partial charge in [-0.3, -0.25) is 9.69 Å². The van der Waals surface area contributed by atoms with Crippen LogP contribution in [0.1, 0.15) is 51.7 Å². The second-order valence-electron chi connectivity index (χ2n) is 8.92. The SMILES string of the molecule is C=C(F)C(=O)Nc1cccc(CN(C(=O)OC(C)(C)C)c2ccnc3c(C(C)C)cnn23)c1. The highest BCUT2D eigenvalue weighted by molar-refractivity contribution is 6.01. The lowest BCUT2D eigenvalue weighted by Crippen LogP contribution is -2.37. The molecule has 0 spiro atoms. The molecular weight excluding hydrogens is 425 g/mol. The Balaban J connectivity index is 2.02. The maximum Gasteiger partial charge on any atom is 0.416 e. The van der Waals surface area contributed by atoms with E-state index in [4.69, 9.17) is 4.74 Å². The van der Waals surface area contributed by atoms with Gasteiger partial charge in [0.1, 0.15) is 11.4 Å². The van der Waals surface area contributed by atoms with Crippen LogP contribution in [0.3, 0.4) is 0 Å². The average Bonchev–Trinajstić information content (AvgIpc) is 3.15. The van der Waals surface area contributed by atoms with Crippen LogP contribution in [0.25, 0.3) is 5.65 Å². The molecule has 9 heteroatoms. The molecule has 174 valence electrons. The quantitative estimate of drug-likeness (QED) is 0.517. The number of hydrogen-bond donors (Lipinski definition) is 1. The summed E-state index contributed by atoms with van der Waals surface area (Å²) in [6.07, 6.45) is 2.80. The van der Waals surface area contributed by atoms with E-state index < -0.39 is 23.4 Å². The fourth-order valence-corrected chi connectivity index (χ4v) is 3.19. The number of anilines is 2. The van der Waals surface area contributed by atoms with E-state index in [-0.39, 0.29) is 12.5 Å². The molecule has 2 amide bonds. The van der Waals surface area contributed by atoms with E-state index in [0.717, 1.165) is 5.56 Å². The summed E-state index contributed by atoms with van der Waals surface area (Å²) >= 11 is 0. The summed E-state index contributed by atoms with van der Waals surface area (Å²) in [4.78, 5) is 30.7. The third kappa shape index (κ3) is 5.74. The number of nitrogens with zero attached hydrogens (tertiary/aromatic N) is 4. The van der Waals surface area contributed by atoms with E-state index >= 15 is 0 Å². The first-order valence-electron chi connectivity index (χ1n) is 10.5. The number of halogens is 1. The maximum atomic E-state index is 13.2. The van der Waals surface area contributed by atoms with Gasteiger partial charge in [0.05, 0.1) is 12.7 Å². The van der Waals surface area contributed by atoms with Gasteiger partial charge in [-0.2, -0.15) is 9.61 Å². The van der Waals surface area contributed by atoms with E-state index in [1.54, 1.807) is 68.0 Å². The molecule has 33 heavy (non-hydrogen) atoms. The number of fused-ring (bicyclic) bond motifs is 1. The lowest BCUT2D eigenvalue weighted by atomic mass is 10.1. The summed E-state index contributed by atoms with van der Waals surface area (Å²) in [5, 5.41) is 6.89. The molecule has 0 aliphatic carbocycles. The van der Waals surface area contributed by atoms with Gasteiger partial charge in [0.2, 0.25) is 0 Å². The van der Waals surface area contributed by atoms with E-state index in [1.807, 2.05) is 13.8 Å². The van der Waals surface area contributed by atoms with E-state index in [1.165, 1.54) is 4.90 Å². The first-order valence-corrected chi connectivity index (χ1v) is 10.5. The standard InChI is InChI=1S/C24H28FN5O3/c1-15(2)19-13-27-30-20(10-11-26-21(19)30)29(23(32)33-24(4,5)6)14-17-8-7-9-18(12-17)28-22(31)16(3)25/h7-13,15H,3,14H2,1-2,4-6H3,(H,28,31). The summed E-state index contributed by atoms with van der Waals surface area (Å²) in [5.74, 6) is -1.34. The zero-order valence-electron chi connectivity index (χ0n) is 19.4. The lowest BCUT2D eigenvalue weighted by Gasteiger charge is -2.27. The molecule has 3 rings (SSSR count). The predicted octanol–water partition coefficient (Wildman–Crippen LogP) is 5.22. The number of carbonyl (C=O) groups excluding carboxylic acids is 2. The van der Waals surface area contributed by atoms with Crippen molar-refractivity contribution in [2.75, 3.05) is 10.2 Å². The molecule has 2 heterocycles. The highest BCUT2D eigenvalue weighted by Gasteiger charge is 2.26. The Morgan fingerprint density at radius 3 is 2.64 bits per heavy atom. The molecule has 1 aromatic carbocycles. The van der Waals surface area contributed by atoms with Crippen molar-refractivity contribution in [2.24, 2.45) is 0 Å². The van der Waals surface area contributed by atoms with Crippen LogP contribution >= 0.6 is 0 Å².